The van der Waals surface area contributed by atoms with Crippen LogP contribution < -0.4 is 4.74 Å². The summed E-state index contributed by atoms with van der Waals surface area (Å²) < 4.78 is 14.0. The maximum atomic E-state index is 10.6. The molecule has 0 atom stereocenters. The van der Waals surface area contributed by atoms with Crippen molar-refractivity contribution in [2.24, 2.45) is 0 Å². The van der Waals surface area contributed by atoms with Crippen molar-refractivity contribution in [2.75, 3.05) is 20.8 Å². The molecule has 0 spiro atoms. The lowest BCUT2D eigenvalue weighted by atomic mass is 10.2. The second kappa shape index (κ2) is 6.50. The summed E-state index contributed by atoms with van der Waals surface area (Å²) in [6.45, 7) is 0.193. The Morgan fingerprint density at radius 3 is 2.50 bits per heavy atom. The van der Waals surface area contributed by atoms with Crippen molar-refractivity contribution in [1.82, 2.24) is 0 Å². The molecule has 4 nitrogen and oxygen atoms in total. The van der Waals surface area contributed by atoms with Crippen LogP contribution in [0.1, 0.15) is 5.56 Å². The number of methoxy groups -OCH3 is 2. The lowest BCUT2D eigenvalue weighted by Crippen LogP contribution is -2.03. The summed E-state index contributed by atoms with van der Waals surface area (Å²) in [5, 5.41) is 0. The zero-order chi connectivity index (χ0) is 11.8. The van der Waals surface area contributed by atoms with Crippen molar-refractivity contribution in [2.45, 2.75) is 0 Å². The standard InChI is InChI=1S/C12H14O4/c1-14-11-7-5-10(6-8-11)4-3-9-16-12(13)15-2/h3-8H,9H2,1-2H3. The first kappa shape index (κ1) is 12.1. The van der Waals surface area contributed by atoms with E-state index in [-0.39, 0.29) is 6.61 Å². The maximum absolute atomic E-state index is 10.6. The summed E-state index contributed by atoms with van der Waals surface area (Å²) in [4.78, 5) is 10.6. The fourth-order valence-electron chi connectivity index (χ4n) is 1.07. The lowest BCUT2D eigenvalue weighted by Gasteiger charge is -2.00. The van der Waals surface area contributed by atoms with Crippen molar-refractivity contribution in [1.29, 1.82) is 0 Å². The van der Waals surface area contributed by atoms with Crippen LogP contribution in [-0.2, 0) is 9.47 Å². The highest BCUT2D eigenvalue weighted by Gasteiger charge is 1.95. The molecule has 0 saturated carbocycles. The van der Waals surface area contributed by atoms with Crippen molar-refractivity contribution in [3.63, 3.8) is 0 Å². The molecule has 0 N–H and O–H groups in total. The highest BCUT2D eigenvalue weighted by Crippen LogP contribution is 2.12. The fraction of sp³-hybridized carbons (Fsp3) is 0.250. The van der Waals surface area contributed by atoms with E-state index < -0.39 is 6.16 Å². The molecule has 1 aromatic rings. The molecule has 0 amide bonds. The normalized spacial score (nSPS) is 10.1. The molecule has 0 fully saturated rings. The van der Waals surface area contributed by atoms with Gasteiger partial charge in [-0.05, 0) is 23.8 Å². The van der Waals surface area contributed by atoms with Gasteiger partial charge >= 0.3 is 6.16 Å². The van der Waals surface area contributed by atoms with Crippen molar-refractivity contribution < 1.29 is 19.0 Å². The average Bonchev–Trinajstić information content (AvgIpc) is 2.35. The summed E-state index contributed by atoms with van der Waals surface area (Å²) in [6, 6.07) is 7.54. The van der Waals surface area contributed by atoms with Crippen LogP contribution in [0.25, 0.3) is 6.08 Å². The smallest absolute Gasteiger partial charge is 0.497 e. The number of hydrogen-bond acceptors (Lipinski definition) is 4. The molecule has 0 unspecified atom stereocenters. The van der Waals surface area contributed by atoms with Crippen molar-refractivity contribution in [3.05, 3.63) is 35.9 Å². The van der Waals surface area contributed by atoms with Crippen LogP contribution >= 0.6 is 0 Å². The Morgan fingerprint density at radius 1 is 1.25 bits per heavy atom. The zero-order valence-electron chi connectivity index (χ0n) is 9.30. The Morgan fingerprint density at radius 2 is 1.94 bits per heavy atom. The highest BCUT2D eigenvalue weighted by molar-refractivity contribution is 5.60. The molecular formula is C12H14O4. The minimum absolute atomic E-state index is 0.193. The van der Waals surface area contributed by atoms with Crippen molar-refractivity contribution >= 4 is 12.2 Å². The van der Waals surface area contributed by atoms with E-state index in [4.69, 9.17) is 4.74 Å². The Balaban J connectivity index is 2.40. The van der Waals surface area contributed by atoms with Crippen molar-refractivity contribution in [3.8, 4) is 5.75 Å². The molecule has 1 rings (SSSR count). The maximum Gasteiger partial charge on any atom is 0.508 e. The molecule has 86 valence electrons. The minimum atomic E-state index is -0.681. The highest BCUT2D eigenvalue weighted by atomic mass is 16.7. The first-order valence-corrected chi connectivity index (χ1v) is 4.77. The van der Waals surface area contributed by atoms with Gasteiger partial charge in [-0.1, -0.05) is 18.2 Å². The van der Waals surface area contributed by atoms with Gasteiger partial charge in [0.1, 0.15) is 12.4 Å². The van der Waals surface area contributed by atoms with Crippen LogP contribution in [0.2, 0.25) is 0 Å². The van der Waals surface area contributed by atoms with Gasteiger partial charge in [-0.25, -0.2) is 4.79 Å². The Labute approximate surface area is 94.4 Å². The molecule has 0 aliphatic heterocycles. The number of hydrogen-bond donors (Lipinski definition) is 0. The molecule has 0 aliphatic carbocycles. The summed E-state index contributed by atoms with van der Waals surface area (Å²) in [5.74, 6) is 0.808. The van der Waals surface area contributed by atoms with E-state index in [1.165, 1.54) is 7.11 Å². The molecular weight excluding hydrogens is 208 g/mol. The van der Waals surface area contributed by atoms with Gasteiger partial charge in [0.15, 0.2) is 0 Å². The van der Waals surface area contributed by atoms with Gasteiger partial charge in [-0.2, -0.15) is 0 Å². The van der Waals surface area contributed by atoms with Gasteiger partial charge in [-0.15, -0.1) is 0 Å². The van der Waals surface area contributed by atoms with E-state index in [1.807, 2.05) is 30.3 Å². The second-order valence-electron chi connectivity index (χ2n) is 2.94. The Hall–Kier alpha value is -1.97. The molecule has 0 radical (unpaired) electrons. The van der Waals surface area contributed by atoms with Crippen LogP contribution in [0.5, 0.6) is 5.75 Å². The number of carbonyl (C=O) groups excluding carboxylic acids is 1. The number of ether oxygens (including phenoxy) is 3. The summed E-state index contributed by atoms with van der Waals surface area (Å²) in [5.41, 5.74) is 1.01. The van der Waals surface area contributed by atoms with Gasteiger partial charge in [0.05, 0.1) is 14.2 Å². The molecule has 0 heterocycles. The third-order valence-corrected chi connectivity index (χ3v) is 1.89. The predicted molar refractivity (Wildman–Crippen MR) is 60.4 cm³/mol. The van der Waals surface area contributed by atoms with Crippen LogP contribution in [-0.4, -0.2) is 27.0 Å². The topological polar surface area (TPSA) is 44.8 Å². The van der Waals surface area contributed by atoms with Gasteiger partial charge in [-0.3, -0.25) is 0 Å². The molecule has 4 heteroatoms. The molecule has 0 aromatic heterocycles. The van der Waals surface area contributed by atoms with Crippen LogP contribution in [0.3, 0.4) is 0 Å². The third-order valence-electron chi connectivity index (χ3n) is 1.89. The number of benzene rings is 1. The summed E-state index contributed by atoms with van der Waals surface area (Å²) in [7, 11) is 2.89. The second-order valence-corrected chi connectivity index (χ2v) is 2.94. The molecule has 16 heavy (non-hydrogen) atoms. The van der Waals surface area contributed by atoms with E-state index in [9.17, 15) is 4.79 Å². The summed E-state index contributed by atoms with van der Waals surface area (Å²) in [6.07, 6.45) is 2.90. The molecule has 0 saturated heterocycles. The minimum Gasteiger partial charge on any atom is -0.497 e. The monoisotopic (exact) mass is 222 g/mol. The summed E-state index contributed by atoms with van der Waals surface area (Å²) >= 11 is 0. The Kier molecular flexibility index (Phi) is 4.92. The van der Waals surface area contributed by atoms with Crippen LogP contribution in [0.15, 0.2) is 30.3 Å². The SMILES string of the molecule is COC(=O)OCC=Cc1ccc(OC)cc1. The largest absolute Gasteiger partial charge is 0.508 e. The zero-order valence-corrected chi connectivity index (χ0v) is 9.30. The van der Waals surface area contributed by atoms with E-state index in [2.05, 4.69) is 9.47 Å². The molecule has 1 aromatic carbocycles. The van der Waals surface area contributed by atoms with Gasteiger partial charge in [0.25, 0.3) is 0 Å². The van der Waals surface area contributed by atoms with E-state index in [0.29, 0.717) is 0 Å². The van der Waals surface area contributed by atoms with Gasteiger partial charge in [0, 0.05) is 0 Å². The van der Waals surface area contributed by atoms with Gasteiger partial charge in [0.2, 0.25) is 0 Å². The quantitative estimate of drug-likeness (QED) is 0.734. The van der Waals surface area contributed by atoms with E-state index >= 15 is 0 Å². The van der Waals surface area contributed by atoms with Crippen LogP contribution in [0, 0.1) is 0 Å². The van der Waals surface area contributed by atoms with E-state index in [0.717, 1.165) is 11.3 Å². The number of rotatable bonds is 4. The molecule has 0 bridgehead atoms. The predicted octanol–water partition coefficient (Wildman–Crippen LogP) is 2.49. The van der Waals surface area contributed by atoms with Crippen LogP contribution in [0.4, 0.5) is 4.79 Å². The first-order chi connectivity index (χ1) is 7.76. The lowest BCUT2D eigenvalue weighted by molar-refractivity contribution is 0.0819. The number of carbonyl (C=O) groups is 1. The Bertz CT molecular complexity index is 354. The third kappa shape index (κ3) is 4.04. The average molecular weight is 222 g/mol. The molecule has 0 aliphatic rings. The van der Waals surface area contributed by atoms with Gasteiger partial charge < -0.3 is 14.2 Å². The fourth-order valence-corrected chi connectivity index (χ4v) is 1.07. The van der Waals surface area contributed by atoms with E-state index in [1.54, 1.807) is 13.2 Å². The first-order valence-electron chi connectivity index (χ1n) is 4.77.